The van der Waals surface area contributed by atoms with Crippen LogP contribution in [0.5, 0.6) is 0 Å². The van der Waals surface area contributed by atoms with Crippen molar-refractivity contribution in [2.75, 3.05) is 13.1 Å². The van der Waals surface area contributed by atoms with E-state index in [1.165, 1.54) is 11.1 Å². The number of hydrogen-bond donors (Lipinski definition) is 1. The zero-order valence-electron chi connectivity index (χ0n) is 9.07. The largest absolute Gasteiger partial charge is 0.615 e. The van der Waals surface area contributed by atoms with E-state index in [4.69, 9.17) is 0 Å². The highest BCUT2D eigenvalue weighted by molar-refractivity contribution is 7.92. The van der Waals surface area contributed by atoms with E-state index in [0.717, 1.165) is 31.7 Å². The van der Waals surface area contributed by atoms with Crippen molar-refractivity contribution >= 4 is 23.6 Å². The maximum atomic E-state index is 12.3. The second-order valence-corrected chi connectivity index (χ2v) is 6.15. The summed E-state index contributed by atoms with van der Waals surface area (Å²) < 4.78 is 12.3. The van der Waals surface area contributed by atoms with Crippen molar-refractivity contribution in [2.45, 2.75) is 23.3 Å². The first-order chi connectivity index (χ1) is 7.33. The average molecular weight is 258 g/mol. The highest BCUT2D eigenvalue weighted by atomic mass is 35.5. The summed E-state index contributed by atoms with van der Waals surface area (Å²) in [5.41, 5.74) is 2.66. The first kappa shape index (κ1) is 12.2. The maximum absolute atomic E-state index is 12.3. The van der Waals surface area contributed by atoms with Crippen LogP contribution in [0.2, 0.25) is 0 Å². The van der Waals surface area contributed by atoms with Gasteiger partial charge in [0.1, 0.15) is 5.75 Å². The topological polar surface area (TPSA) is 35.1 Å². The number of nitrogens with one attached hydrogen (secondary N) is 1. The van der Waals surface area contributed by atoms with Gasteiger partial charge in [-0.05, 0) is 11.2 Å². The van der Waals surface area contributed by atoms with Crippen LogP contribution in [0.15, 0.2) is 24.3 Å². The van der Waals surface area contributed by atoms with E-state index in [9.17, 15) is 4.55 Å². The van der Waals surface area contributed by atoms with Gasteiger partial charge in [0.25, 0.3) is 0 Å². The van der Waals surface area contributed by atoms with Crippen LogP contribution in [-0.2, 0) is 21.7 Å². The van der Waals surface area contributed by atoms with E-state index >= 15 is 0 Å². The van der Waals surface area contributed by atoms with Crippen molar-refractivity contribution in [3.05, 3.63) is 35.4 Å². The van der Waals surface area contributed by atoms with E-state index in [0.29, 0.717) is 0 Å². The molecule has 4 heteroatoms. The minimum Gasteiger partial charge on any atom is -0.615 e. The Morgan fingerprint density at radius 2 is 1.88 bits per heavy atom. The van der Waals surface area contributed by atoms with Crippen LogP contribution in [0.4, 0.5) is 0 Å². The molecule has 0 aliphatic carbocycles. The lowest BCUT2D eigenvalue weighted by Gasteiger charge is -2.34. The molecule has 0 aromatic heterocycles. The summed E-state index contributed by atoms with van der Waals surface area (Å²) >= 11 is -0.704. The summed E-state index contributed by atoms with van der Waals surface area (Å²) in [7, 11) is 0. The molecule has 1 N–H and O–H groups in total. The SMILES string of the molecule is Cl.[O-][S+]1Cc2ccccc2C12CCNCC2. The van der Waals surface area contributed by atoms with Gasteiger partial charge in [-0.3, -0.25) is 0 Å². The molecule has 2 aliphatic rings. The summed E-state index contributed by atoms with van der Waals surface area (Å²) in [4.78, 5) is 0. The van der Waals surface area contributed by atoms with E-state index < -0.39 is 11.2 Å². The number of fused-ring (bicyclic) bond motifs is 2. The van der Waals surface area contributed by atoms with Crippen molar-refractivity contribution < 1.29 is 4.55 Å². The van der Waals surface area contributed by atoms with Crippen LogP contribution in [-0.4, -0.2) is 17.6 Å². The van der Waals surface area contributed by atoms with Crippen LogP contribution >= 0.6 is 12.4 Å². The molecule has 2 nitrogen and oxygen atoms in total. The molecule has 1 atom stereocenters. The normalized spacial score (nSPS) is 26.2. The average Bonchev–Trinajstić information content (AvgIpc) is 2.55. The molecule has 2 heterocycles. The molecule has 1 unspecified atom stereocenters. The third kappa shape index (κ3) is 1.66. The Hall–Kier alpha value is -0.220. The Labute approximate surface area is 105 Å². The van der Waals surface area contributed by atoms with Gasteiger partial charge in [-0.15, -0.1) is 12.4 Å². The molecule has 0 bridgehead atoms. The lowest BCUT2D eigenvalue weighted by molar-refractivity contribution is 0.401. The summed E-state index contributed by atoms with van der Waals surface area (Å²) in [5, 5.41) is 3.35. The van der Waals surface area contributed by atoms with Gasteiger partial charge < -0.3 is 9.87 Å². The fourth-order valence-corrected chi connectivity index (χ4v) is 4.73. The molecule has 1 saturated heterocycles. The molecular formula is C12H16ClNOS. The van der Waals surface area contributed by atoms with Crippen molar-refractivity contribution in [3.8, 4) is 0 Å². The van der Waals surface area contributed by atoms with Crippen molar-refractivity contribution in [2.24, 2.45) is 0 Å². The number of piperidine rings is 1. The Morgan fingerprint density at radius 1 is 1.19 bits per heavy atom. The molecule has 0 amide bonds. The van der Waals surface area contributed by atoms with Crippen LogP contribution in [0.3, 0.4) is 0 Å². The van der Waals surface area contributed by atoms with Gasteiger partial charge in [0, 0.05) is 37.1 Å². The monoisotopic (exact) mass is 257 g/mol. The van der Waals surface area contributed by atoms with Gasteiger partial charge in [0.05, 0.1) is 0 Å². The molecule has 1 fully saturated rings. The second-order valence-electron chi connectivity index (χ2n) is 4.39. The standard InChI is InChI=1S/C12H15NOS.ClH/c14-15-9-10-3-1-2-4-11(10)12(15)5-7-13-8-6-12;/h1-4,13H,5-9H2;1H. The van der Waals surface area contributed by atoms with Crippen LogP contribution in [0, 0.1) is 0 Å². The fraction of sp³-hybridized carbons (Fsp3) is 0.500. The third-order valence-corrected chi connectivity index (χ3v) is 5.71. The molecule has 0 saturated carbocycles. The molecule has 1 spiro atoms. The highest BCUT2D eigenvalue weighted by Crippen LogP contribution is 2.47. The van der Waals surface area contributed by atoms with Gasteiger partial charge in [-0.25, -0.2) is 0 Å². The van der Waals surface area contributed by atoms with Gasteiger partial charge in [0.2, 0.25) is 0 Å². The predicted octanol–water partition coefficient (Wildman–Crippen LogP) is 1.95. The molecular weight excluding hydrogens is 242 g/mol. The summed E-state index contributed by atoms with van der Waals surface area (Å²) in [6.07, 6.45) is 2.05. The van der Waals surface area contributed by atoms with E-state index in [1.54, 1.807) is 0 Å². The van der Waals surface area contributed by atoms with E-state index in [2.05, 4.69) is 29.6 Å². The minimum absolute atomic E-state index is 0. The van der Waals surface area contributed by atoms with Gasteiger partial charge in [-0.2, -0.15) is 0 Å². The van der Waals surface area contributed by atoms with E-state index in [-0.39, 0.29) is 17.2 Å². The number of hydrogen-bond acceptors (Lipinski definition) is 2. The zero-order chi connectivity index (χ0) is 10.3. The zero-order valence-corrected chi connectivity index (χ0v) is 10.7. The van der Waals surface area contributed by atoms with Crippen LogP contribution in [0.25, 0.3) is 0 Å². The predicted molar refractivity (Wildman–Crippen MR) is 69.3 cm³/mol. The summed E-state index contributed by atoms with van der Waals surface area (Å²) in [6.45, 7) is 2.00. The Kier molecular flexibility index (Phi) is 3.50. The number of rotatable bonds is 0. The van der Waals surface area contributed by atoms with Crippen molar-refractivity contribution in [3.63, 3.8) is 0 Å². The quantitative estimate of drug-likeness (QED) is 0.721. The first-order valence-corrected chi connectivity index (χ1v) is 6.82. The molecule has 2 aliphatic heterocycles. The molecule has 0 radical (unpaired) electrons. The Balaban J connectivity index is 0.000000963. The Bertz CT molecular complexity index is 379. The molecule has 88 valence electrons. The van der Waals surface area contributed by atoms with Crippen molar-refractivity contribution in [1.29, 1.82) is 0 Å². The van der Waals surface area contributed by atoms with Crippen molar-refractivity contribution in [1.82, 2.24) is 5.32 Å². The highest BCUT2D eigenvalue weighted by Gasteiger charge is 2.50. The van der Waals surface area contributed by atoms with Gasteiger partial charge >= 0.3 is 0 Å². The van der Waals surface area contributed by atoms with E-state index in [1.807, 2.05) is 0 Å². The molecule has 1 aromatic carbocycles. The third-order valence-electron chi connectivity index (χ3n) is 3.64. The fourth-order valence-electron chi connectivity index (χ4n) is 2.82. The smallest absolute Gasteiger partial charge is 0.153 e. The maximum Gasteiger partial charge on any atom is 0.153 e. The molecule has 3 rings (SSSR count). The number of halogens is 1. The minimum atomic E-state index is -0.704. The lowest BCUT2D eigenvalue weighted by atomic mass is 9.87. The summed E-state index contributed by atoms with van der Waals surface area (Å²) in [5.74, 6) is 0.760. The lowest BCUT2D eigenvalue weighted by Crippen LogP contribution is -2.43. The Morgan fingerprint density at radius 3 is 2.62 bits per heavy atom. The summed E-state index contributed by atoms with van der Waals surface area (Å²) in [6, 6.07) is 8.43. The first-order valence-electron chi connectivity index (χ1n) is 5.50. The molecule has 1 aromatic rings. The van der Waals surface area contributed by atoms with Crippen LogP contribution in [0.1, 0.15) is 24.0 Å². The van der Waals surface area contributed by atoms with Crippen LogP contribution < -0.4 is 5.32 Å². The second kappa shape index (κ2) is 4.57. The number of benzene rings is 1. The van der Waals surface area contributed by atoms with Gasteiger partial charge in [-0.1, -0.05) is 24.3 Å². The van der Waals surface area contributed by atoms with Gasteiger partial charge in [0.15, 0.2) is 4.75 Å². The molecule has 16 heavy (non-hydrogen) atoms.